The molecule has 0 radical (unpaired) electrons. The van der Waals surface area contributed by atoms with Gasteiger partial charge in [-0.25, -0.2) is 0 Å². The number of fused-ring (bicyclic) bond motifs is 1. The van der Waals surface area contributed by atoms with E-state index in [1.807, 2.05) is 48.5 Å². The van der Waals surface area contributed by atoms with Crippen LogP contribution in [0.5, 0.6) is 5.75 Å². The van der Waals surface area contributed by atoms with E-state index in [2.05, 4.69) is 11.1 Å². The maximum absolute atomic E-state index is 13.0. The largest absolute Gasteiger partial charge is 0.496 e. The van der Waals surface area contributed by atoms with Crippen molar-refractivity contribution >= 4 is 16.9 Å². The van der Waals surface area contributed by atoms with Crippen LogP contribution in [0.3, 0.4) is 0 Å². The van der Waals surface area contributed by atoms with Crippen molar-refractivity contribution in [2.24, 2.45) is 5.41 Å². The first-order valence-electron chi connectivity index (χ1n) is 9.08. The maximum atomic E-state index is 13.0. The molecule has 0 N–H and O–H groups in total. The van der Waals surface area contributed by atoms with Crippen LogP contribution >= 0.6 is 0 Å². The molecule has 0 aliphatic carbocycles. The standard InChI is InChI=1S/C23H22N2O4/c1-27-15-23(14-24,22(26)29-3)21(18-9-5-7-11-20(18)28-2)17-12-13-25-19-10-6-4-8-16(17)19/h4-13,21H,15H2,1-3H3. The van der Waals surface area contributed by atoms with E-state index in [0.717, 1.165) is 16.5 Å². The molecule has 0 saturated heterocycles. The first-order valence-corrected chi connectivity index (χ1v) is 9.08. The number of esters is 1. The first-order chi connectivity index (χ1) is 14.1. The Morgan fingerprint density at radius 3 is 2.48 bits per heavy atom. The number of hydrogen-bond donors (Lipinski definition) is 0. The van der Waals surface area contributed by atoms with Crippen LogP contribution in [0, 0.1) is 16.7 Å². The lowest BCUT2D eigenvalue weighted by atomic mass is 9.69. The molecule has 1 heterocycles. The second-order valence-corrected chi connectivity index (χ2v) is 6.60. The number of carbonyl (C=O) groups is 1. The molecule has 0 saturated carbocycles. The molecular weight excluding hydrogens is 368 g/mol. The number of benzene rings is 2. The van der Waals surface area contributed by atoms with E-state index in [0.29, 0.717) is 11.3 Å². The summed E-state index contributed by atoms with van der Waals surface area (Å²) in [5.74, 6) is -0.805. The highest BCUT2D eigenvalue weighted by molar-refractivity contribution is 5.88. The van der Waals surface area contributed by atoms with Gasteiger partial charge in [0, 0.05) is 30.2 Å². The lowest BCUT2D eigenvalue weighted by Gasteiger charge is -2.34. The number of hydrogen-bond acceptors (Lipinski definition) is 6. The summed E-state index contributed by atoms with van der Waals surface area (Å²) in [4.78, 5) is 17.4. The number of rotatable bonds is 7. The molecule has 1 aromatic heterocycles. The maximum Gasteiger partial charge on any atom is 0.329 e. The van der Waals surface area contributed by atoms with E-state index < -0.39 is 17.3 Å². The summed E-state index contributed by atoms with van der Waals surface area (Å²) >= 11 is 0. The predicted molar refractivity (Wildman–Crippen MR) is 109 cm³/mol. The molecule has 3 aromatic rings. The van der Waals surface area contributed by atoms with Crippen molar-refractivity contribution < 1.29 is 19.0 Å². The third-order valence-electron chi connectivity index (χ3n) is 5.06. The third kappa shape index (κ3) is 3.53. The monoisotopic (exact) mass is 390 g/mol. The number of nitriles is 1. The summed E-state index contributed by atoms with van der Waals surface area (Å²) < 4.78 is 16.0. The van der Waals surface area contributed by atoms with E-state index in [9.17, 15) is 10.1 Å². The van der Waals surface area contributed by atoms with Gasteiger partial charge in [-0.05, 0) is 23.8 Å². The highest BCUT2D eigenvalue weighted by Gasteiger charge is 2.50. The number of pyridine rings is 1. The van der Waals surface area contributed by atoms with Crippen LogP contribution in [-0.2, 0) is 14.3 Å². The molecule has 148 valence electrons. The zero-order chi connectivity index (χ0) is 20.9. The number of aromatic nitrogens is 1. The van der Waals surface area contributed by atoms with Crippen LogP contribution in [-0.4, -0.2) is 38.9 Å². The van der Waals surface area contributed by atoms with Gasteiger partial charge in [0.2, 0.25) is 0 Å². The zero-order valence-corrected chi connectivity index (χ0v) is 16.6. The minimum absolute atomic E-state index is 0.143. The molecular formula is C23H22N2O4. The van der Waals surface area contributed by atoms with Gasteiger partial charge in [-0.15, -0.1) is 0 Å². The van der Waals surface area contributed by atoms with E-state index in [1.54, 1.807) is 19.4 Å². The van der Waals surface area contributed by atoms with Gasteiger partial charge in [-0.2, -0.15) is 5.26 Å². The average Bonchev–Trinajstić information content (AvgIpc) is 2.78. The normalized spacial score (nSPS) is 13.9. The van der Waals surface area contributed by atoms with Gasteiger partial charge in [0.15, 0.2) is 5.41 Å². The summed E-state index contributed by atoms with van der Waals surface area (Å²) in [7, 11) is 4.29. The van der Waals surface area contributed by atoms with Gasteiger partial charge >= 0.3 is 5.97 Å². The fourth-order valence-corrected chi connectivity index (χ4v) is 3.79. The van der Waals surface area contributed by atoms with Crippen molar-refractivity contribution in [2.75, 3.05) is 27.9 Å². The molecule has 0 amide bonds. The van der Waals surface area contributed by atoms with Crippen molar-refractivity contribution in [2.45, 2.75) is 5.92 Å². The van der Waals surface area contributed by atoms with Gasteiger partial charge in [-0.3, -0.25) is 9.78 Å². The van der Waals surface area contributed by atoms with Crippen LogP contribution < -0.4 is 4.74 Å². The SMILES string of the molecule is COCC(C#N)(C(=O)OC)C(c1ccccc1OC)c1ccnc2ccccc12. The number of carbonyl (C=O) groups excluding carboxylic acids is 1. The Bertz CT molecular complexity index is 1050. The Hall–Kier alpha value is -3.43. The highest BCUT2D eigenvalue weighted by Crippen LogP contribution is 2.47. The lowest BCUT2D eigenvalue weighted by molar-refractivity contribution is -0.152. The summed E-state index contributed by atoms with van der Waals surface area (Å²) in [6.45, 7) is -0.143. The van der Waals surface area contributed by atoms with Gasteiger partial charge < -0.3 is 14.2 Å². The molecule has 0 spiro atoms. The Balaban J connectivity index is 2.42. The Morgan fingerprint density at radius 1 is 1.07 bits per heavy atom. The molecule has 0 aliphatic heterocycles. The van der Waals surface area contributed by atoms with E-state index in [4.69, 9.17) is 14.2 Å². The Labute approximate surface area is 169 Å². The minimum atomic E-state index is -1.62. The fraction of sp³-hybridized carbons (Fsp3) is 0.261. The number of ether oxygens (including phenoxy) is 3. The highest BCUT2D eigenvalue weighted by atomic mass is 16.5. The van der Waals surface area contributed by atoms with E-state index in [1.165, 1.54) is 14.2 Å². The minimum Gasteiger partial charge on any atom is -0.496 e. The Morgan fingerprint density at radius 2 is 1.79 bits per heavy atom. The van der Waals surface area contributed by atoms with E-state index in [-0.39, 0.29) is 6.61 Å². The topological polar surface area (TPSA) is 81.4 Å². The lowest BCUT2D eigenvalue weighted by Crippen LogP contribution is -2.42. The molecule has 6 heteroatoms. The molecule has 2 unspecified atom stereocenters. The van der Waals surface area contributed by atoms with Gasteiger partial charge in [0.25, 0.3) is 0 Å². The number of para-hydroxylation sites is 2. The number of nitrogens with zero attached hydrogens (tertiary/aromatic N) is 2. The van der Waals surface area contributed by atoms with Crippen LogP contribution in [0.25, 0.3) is 10.9 Å². The third-order valence-corrected chi connectivity index (χ3v) is 5.06. The van der Waals surface area contributed by atoms with E-state index >= 15 is 0 Å². The quantitative estimate of drug-likeness (QED) is 0.572. The van der Waals surface area contributed by atoms with Crippen LogP contribution in [0.15, 0.2) is 60.8 Å². The molecule has 0 bridgehead atoms. The zero-order valence-electron chi connectivity index (χ0n) is 16.6. The van der Waals surface area contributed by atoms with Gasteiger partial charge in [0.1, 0.15) is 5.75 Å². The Kier molecular flexibility index (Phi) is 6.10. The second kappa shape index (κ2) is 8.72. The van der Waals surface area contributed by atoms with Crippen molar-refractivity contribution in [1.29, 1.82) is 5.26 Å². The molecule has 2 aromatic carbocycles. The average molecular weight is 390 g/mol. The van der Waals surface area contributed by atoms with Crippen LogP contribution in [0.2, 0.25) is 0 Å². The van der Waals surface area contributed by atoms with Crippen molar-refractivity contribution in [3.8, 4) is 11.8 Å². The predicted octanol–water partition coefficient (Wildman–Crippen LogP) is 3.70. The second-order valence-electron chi connectivity index (χ2n) is 6.60. The smallest absolute Gasteiger partial charge is 0.329 e. The van der Waals surface area contributed by atoms with Crippen LogP contribution in [0.4, 0.5) is 0 Å². The summed E-state index contributed by atoms with van der Waals surface area (Å²) in [5.41, 5.74) is 0.598. The first kappa shape index (κ1) is 20.3. The molecule has 2 atom stereocenters. The van der Waals surface area contributed by atoms with Crippen molar-refractivity contribution in [1.82, 2.24) is 4.98 Å². The summed E-state index contributed by atoms with van der Waals surface area (Å²) in [6.07, 6.45) is 1.67. The fourth-order valence-electron chi connectivity index (χ4n) is 3.79. The molecule has 0 aliphatic rings. The molecule has 6 nitrogen and oxygen atoms in total. The van der Waals surface area contributed by atoms with Crippen LogP contribution in [0.1, 0.15) is 17.0 Å². The molecule has 29 heavy (non-hydrogen) atoms. The van der Waals surface area contributed by atoms with Crippen molar-refractivity contribution in [3.63, 3.8) is 0 Å². The molecule has 3 rings (SSSR count). The summed E-state index contributed by atoms with van der Waals surface area (Å²) in [5, 5.41) is 11.1. The summed E-state index contributed by atoms with van der Waals surface area (Å²) in [6, 6.07) is 19.0. The molecule has 0 fully saturated rings. The van der Waals surface area contributed by atoms with Gasteiger partial charge in [-0.1, -0.05) is 36.4 Å². The van der Waals surface area contributed by atoms with Gasteiger partial charge in [0.05, 0.1) is 32.4 Å². The van der Waals surface area contributed by atoms with Crippen molar-refractivity contribution in [3.05, 3.63) is 71.9 Å². The number of methoxy groups -OCH3 is 3.